The summed E-state index contributed by atoms with van der Waals surface area (Å²) in [4.78, 5) is 6.52. The third-order valence-corrected chi connectivity index (χ3v) is 3.24. The Morgan fingerprint density at radius 3 is 2.65 bits per heavy atom. The average Bonchev–Trinajstić information content (AvgIpc) is 3.01. The number of para-hydroxylation sites is 1. The van der Waals surface area contributed by atoms with Crippen LogP contribution in [-0.2, 0) is 6.54 Å². The molecule has 2 aromatic rings. The fraction of sp³-hybridized carbons (Fsp3) is 0.333. The summed E-state index contributed by atoms with van der Waals surface area (Å²) in [5.41, 5.74) is 8.15. The Balaban J connectivity index is 2.20. The van der Waals surface area contributed by atoms with Gasteiger partial charge >= 0.3 is 0 Å². The summed E-state index contributed by atoms with van der Waals surface area (Å²) in [5.74, 6) is 0.588. The molecular formula is C15H21N5. The minimum atomic E-state index is 0.554. The molecule has 5 heteroatoms. The topological polar surface area (TPSA) is 59.4 Å². The highest BCUT2D eigenvalue weighted by atomic mass is 15.3. The number of aromatic nitrogens is 2. The molecule has 1 aromatic carbocycles. The number of benzene rings is 1. The molecule has 2 rings (SSSR count). The average molecular weight is 271 g/mol. The SMILES string of the molecule is CCN(CC)C(N)=NCc1ccccc1-n1cccn1. The maximum atomic E-state index is 6.01. The first-order chi connectivity index (χ1) is 9.76. The lowest BCUT2D eigenvalue weighted by molar-refractivity contribution is 0.458. The van der Waals surface area contributed by atoms with E-state index in [9.17, 15) is 0 Å². The third kappa shape index (κ3) is 3.17. The van der Waals surface area contributed by atoms with Crippen LogP contribution in [0.25, 0.3) is 5.69 Å². The van der Waals surface area contributed by atoms with Gasteiger partial charge in [0.15, 0.2) is 5.96 Å². The highest BCUT2D eigenvalue weighted by Gasteiger charge is 2.05. The monoisotopic (exact) mass is 271 g/mol. The van der Waals surface area contributed by atoms with E-state index in [1.165, 1.54) is 0 Å². The second-order valence-corrected chi connectivity index (χ2v) is 4.43. The first-order valence-electron chi connectivity index (χ1n) is 6.89. The number of aliphatic imine (C=N–C) groups is 1. The molecule has 106 valence electrons. The van der Waals surface area contributed by atoms with Gasteiger partial charge in [-0.3, -0.25) is 0 Å². The van der Waals surface area contributed by atoms with Crippen molar-refractivity contribution in [2.24, 2.45) is 10.7 Å². The van der Waals surface area contributed by atoms with Gasteiger partial charge in [-0.2, -0.15) is 5.10 Å². The van der Waals surface area contributed by atoms with Crippen LogP contribution < -0.4 is 5.73 Å². The second kappa shape index (κ2) is 6.75. The molecule has 0 fully saturated rings. The molecule has 0 unspecified atom stereocenters. The zero-order chi connectivity index (χ0) is 14.4. The predicted molar refractivity (Wildman–Crippen MR) is 81.8 cm³/mol. The van der Waals surface area contributed by atoms with E-state index in [2.05, 4.69) is 30.0 Å². The smallest absolute Gasteiger partial charge is 0.191 e. The number of hydrogen-bond donors (Lipinski definition) is 1. The molecular weight excluding hydrogens is 250 g/mol. The van der Waals surface area contributed by atoms with Crippen molar-refractivity contribution in [2.75, 3.05) is 13.1 Å². The molecule has 1 aromatic heterocycles. The predicted octanol–water partition coefficient (Wildman–Crippen LogP) is 2.03. The van der Waals surface area contributed by atoms with E-state index >= 15 is 0 Å². The summed E-state index contributed by atoms with van der Waals surface area (Å²) in [6.07, 6.45) is 3.70. The molecule has 5 nitrogen and oxygen atoms in total. The largest absolute Gasteiger partial charge is 0.370 e. The van der Waals surface area contributed by atoms with Crippen molar-refractivity contribution in [3.63, 3.8) is 0 Å². The zero-order valence-electron chi connectivity index (χ0n) is 12.0. The lowest BCUT2D eigenvalue weighted by Gasteiger charge is -2.19. The summed E-state index contributed by atoms with van der Waals surface area (Å²) in [5, 5.41) is 4.27. The first kappa shape index (κ1) is 14.1. The van der Waals surface area contributed by atoms with Gasteiger partial charge in [-0.05, 0) is 31.5 Å². The Bertz CT molecular complexity index is 555. The van der Waals surface area contributed by atoms with Crippen LogP contribution in [0.1, 0.15) is 19.4 Å². The van der Waals surface area contributed by atoms with Crippen molar-refractivity contribution in [3.8, 4) is 5.69 Å². The van der Waals surface area contributed by atoms with Gasteiger partial charge in [-0.25, -0.2) is 9.67 Å². The van der Waals surface area contributed by atoms with Crippen molar-refractivity contribution < 1.29 is 0 Å². The van der Waals surface area contributed by atoms with E-state index in [1.54, 1.807) is 6.20 Å². The second-order valence-electron chi connectivity index (χ2n) is 4.43. The Morgan fingerprint density at radius 2 is 2.00 bits per heavy atom. The number of hydrogen-bond acceptors (Lipinski definition) is 2. The molecule has 0 aliphatic heterocycles. The number of nitrogens with two attached hydrogens (primary N) is 1. The quantitative estimate of drug-likeness (QED) is 0.668. The van der Waals surface area contributed by atoms with Crippen molar-refractivity contribution >= 4 is 5.96 Å². The van der Waals surface area contributed by atoms with Crippen LogP contribution in [0.5, 0.6) is 0 Å². The zero-order valence-corrected chi connectivity index (χ0v) is 12.0. The first-order valence-corrected chi connectivity index (χ1v) is 6.89. The molecule has 0 saturated heterocycles. The number of nitrogens with zero attached hydrogens (tertiary/aromatic N) is 4. The van der Waals surface area contributed by atoms with Gasteiger partial charge in [-0.1, -0.05) is 18.2 Å². The van der Waals surface area contributed by atoms with Gasteiger partial charge < -0.3 is 10.6 Å². The van der Waals surface area contributed by atoms with E-state index in [0.717, 1.165) is 24.3 Å². The van der Waals surface area contributed by atoms with Crippen molar-refractivity contribution in [1.29, 1.82) is 0 Å². The molecule has 2 N–H and O–H groups in total. The molecule has 0 radical (unpaired) electrons. The van der Waals surface area contributed by atoms with Gasteiger partial charge in [0.05, 0.1) is 12.2 Å². The van der Waals surface area contributed by atoms with Crippen LogP contribution in [0, 0.1) is 0 Å². The molecule has 20 heavy (non-hydrogen) atoms. The Hall–Kier alpha value is -2.30. The van der Waals surface area contributed by atoms with Gasteiger partial charge in [0.2, 0.25) is 0 Å². The van der Waals surface area contributed by atoms with Crippen molar-refractivity contribution in [3.05, 3.63) is 48.3 Å². The van der Waals surface area contributed by atoms with Crippen molar-refractivity contribution in [1.82, 2.24) is 14.7 Å². The minimum Gasteiger partial charge on any atom is -0.370 e. The molecule has 0 bridgehead atoms. The van der Waals surface area contributed by atoms with Crippen LogP contribution in [0.4, 0.5) is 0 Å². The van der Waals surface area contributed by atoms with E-state index < -0.39 is 0 Å². The minimum absolute atomic E-state index is 0.554. The van der Waals surface area contributed by atoms with E-state index in [4.69, 9.17) is 5.73 Å². The lowest BCUT2D eigenvalue weighted by Crippen LogP contribution is -2.37. The van der Waals surface area contributed by atoms with Gasteiger partial charge in [0.1, 0.15) is 0 Å². The summed E-state index contributed by atoms with van der Waals surface area (Å²) >= 11 is 0. The molecule has 0 saturated carbocycles. The number of guanidine groups is 1. The molecule has 1 heterocycles. The summed E-state index contributed by atoms with van der Waals surface area (Å²) in [6.45, 7) is 6.44. The number of rotatable bonds is 5. The maximum Gasteiger partial charge on any atom is 0.191 e. The molecule has 0 aliphatic rings. The third-order valence-electron chi connectivity index (χ3n) is 3.24. The van der Waals surface area contributed by atoms with Crippen LogP contribution in [-0.4, -0.2) is 33.7 Å². The summed E-state index contributed by atoms with van der Waals surface area (Å²) < 4.78 is 1.85. The lowest BCUT2D eigenvalue weighted by atomic mass is 10.2. The van der Waals surface area contributed by atoms with Crippen LogP contribution >= 0.6 is 0 Å². The summed E-state index contributed by atoms with van der Waals surface area (Å²) in [7, 11) is 0. The fourth-order valence-corrected chi connectivity index (χ4v) is 2.09. The molecule has 0 atom stereocenters. The summed E-state index contributed by atoms with van der Waals surface area (Å²) in [6, 6.07) is 10.00. The molecule has 0 amide bonds. The maximum absolute atomic E-state index is 6.01. The van der Waals surface area contributed by atoms with Gasteiger partial charge in [0.25, 0.3) is 0 Å². The van der Waals surface area contributed by atoms with Gasteiger partial charge in [0, 0.05) is 25.5 Å². The van der Waals surface area contributed by atoms with E-state index in [0.29, 0.717) is 12.5 Å². The van der Waals surface area contributed by atoms with Crippen LogP contribution in [0.3, 0.4) is 0 Å². The standard InChI is InChI=1S/C15H21N5/c1-3-19(4-2)15(16)17-12-13-8-5-6-9-14(13)20-11-7-10-18-20/h5-11H,3-4,12H2,1-2H3,(H2,16,17). The molecule has 0 aliphatic carbocycles. The normalized spacial score (nSPS) is 11.6. The van der Waals surface area contributed by atoms with Crippen molar-refractivity contribution in [2.45, 2.75) is 20.4 Å². The Kier molecular flexibility index (Phi) is 4.76. The fourth-order valence-electron chi connectivity index (χ4n) is 2.09. The Morgan fingerprint density at radius 1 is 1.25 bits per heavy atom. The highest BCUT2D eigenvalue weighted by Crippen LogP contribution is 2.14. The van der Waals surface area contributed by atoms with Gasteiger partial charge in [-0.15, -0.1) is 0 Å². The highest BCUT2D eigenvalue weighted by molar-refractivity contribution is 5.78. The van der Waals surface area contributed by atoms with E-state index in [1.807, 2.05) is 40.0 Å². The van der Waals surface area contributed by atoms with E-state index in [-0.39, 0.29) is 0 Å². The van der Waals surface area contributed by atoms with Crippen LogP contribution in [0.15, 0.2) is 47.7 Å². The van der Waals surface area contributed by atoms with Crippen LogP contribution in [0.2, 0.25) is 0 Å². The Labute approximate surface area is 119 Å². The molecule has 0 spiro atoms.